The molecule has 7 heteroatoms. The maximum Gasteiger partial charge on any atom is 0.358 e. The summed E-state index contributed by atoms with van der Waals surface area (Å²) in [7, 11) is 0. The van der Waals surface area contributed by atoms with Crippen molar-refractivity contribution in [2.24, 2.45) is 5.92 Å². The zero-order valence-corrected chi connectivity index (χ0v) is 19.5. The Morgan fingerprint density at radius 2 is 1.94 bits per heavy atom. The number of rotatable bonds is 7. The molecule has 5 rings (SSSR count). The molecule has 2 aliphatic heterocycles. The van der Waals surface area contributed by atoms with E-state index in [0.717, 1.165) is 44.5 Å². The maximum absolute atomic E-state index is 11.9. The van der Waals surface area contributed by atoms with Crippen molar-refractivity contribution < 1.29 is 14.6 Å². The second-order valence-electron chi connectivity index (χ2n) is 9.14. The van der Waals surface area contributed by atoms with E-state index >= 15 is 0 Å². The van der Waals surface area contributed by atoms with E-state index in [1.807, 2.05) is 30.3 Å². The van der Waals surface area contributed by atoms with E-state index in [4.69, 9.17) is 4.74 Å². The number of benzene rings is 2. The third kappa shape index (κ3) is 4.83. The predicted molar refractivity (Wildman–Crippen MR) is 132 cm³/mol. The number of nitrogens with zero attached hydrogens (tertiary/aromatic N) is 3. The molecule has 0 aliphatic carbocycles. The number of fused-ring (bicyclic) bond motifs is 1. The summed E-state index contributed by atoms with van der Waals surface area (Å²) in [6.07, 6.45) is 3.84. The molecule has 0 atom stereocenters. The lowest BCUT2D eigenvalue weighted by Gasteiger charge is -2.33. The fourth-order valence-corrected chi connectivity index (χ4v) is 4.90. The number of aryl methyl sites for hydroxylation is 1. The Hall–Kier alpha value is -3.61. The summed E-state index contributed by atoms with van der Waals surface area (Å²) in [4.78, 5) is 23.4. The summed E-state index contributed by atoms with van der Waals surface area (Å²) in [6.45, 7) is 5.07. The van der Waals surface area contributed by atoms with Crippen molar-refractivity contribution in [1.29, 1.82) is 0 Å². The van der Waals surface area contributed by atoms with E-state index in [-0.39, 0.29) is 18.1 Å². The van der Waals surface area contributed by atoms with Gasteiger partial charge in [-0.15, -0.1) is 0 Å². The van der Waals surface area contributed by atoms with Crippen LogP contribution in [-0.4, -0.2) is 40.7 Å². The first-order valence-electron chi connectivity index (χ1n) is 12.0. The lowest BCUT2D eigenvalue weighted by atomic mass is 9.92. The number of aromatic nitrogens is 2. The Bertz CT molecular complexity index is 1170. The number of aromatic carboxylic acids is 1. The first-order chi connectivity index (χ1) is 16.6. The normalized spacial score (nSPS) is 15.6. The van der Waals surface area contributed by atoms with Crippen LogP contribution in [0.15, 0.2) is 48.5 Å². The van der Waals surface area contributed by atoms with Crippen molar-refractivity contribution in [3.8, 4) is 5.75 Å². The highest BCUT2D eigenvalue weighted by Crippen LogP contribution is 2.31. The van der Waals surface area contributed by atoms with Crippen LogP contribution in [0, 0.1) is 12.8 Å². The molecular weight excluding hydrogens is 428 g/mol. The van der Waals surface area contributed by atoms with Crippen molar-refractivity contribution >= 4 is 17.3 Å². The summed E-state index contributed by atoms with van der Waals surface area (Å²) in [5.41, 5.74) is 5.44. The van der Waals surface area contributed by atoms with Crippen molar-refractivity contribution in [1.82, 2.24) is 9.97 Å². The highest BCUT2D eigenvalue weighted by Gasteiger charge is 2.24. The van der Waals surface area contributed by atoms with Gasteiger partial charge in [0.05, 0.1) is 5.69 Å². The van der Waals surface area contributed by atoms with E-state index in [1.54, 1.807) is 6.92 Å². The summed E-state index contributed by atoms with van der Waals surface area (Å²) in [5.74, 6) is 0.185. The number of carbonyl (C=O) groups is 1. The smallest absolute Gasteiger partial charge is 0.358 e. The molecule has 0 unspecified atom stereocenters. The Balaban J connectivity index is 1.23. The quantitative estimate of drug-likeness (QED) is 0.539. The zero-order chi connectivity index (χ0) is 23.5. The molecule has 34 heavy (non-hydrogen) atoms. The highest BCUT2D eigenvalue weighted by atomic mass is 16.5. The summed E-state index contributed by atoms with van der Waals surface area (Å²) in [5, 5.41) is 13.2. The van der Waals surface area contributed by atoms with Crippen molar-refractivity contribution in [2.75, 3.05) is 29.9 Å². The van der Waals surface area contributed by atoms with Gasteiger partial charge in [-0.25, -0.2) is 14.8 Å². The fraction of sp³-hybridized carbons (Fsp3) is 0.370. The van der Waals surface area contributed by atoms with Crippen LogP contribution < -0.4 is 15.0 Å². The Kier molecular flexibility index (Phi) is 6.34. The van der Waals surface area contributed by atoms with Crippen molar-refractivity contribution in [2.45, 2.75) is 39.2 Å². The number of carboxylic acid groups (broad SMARTS) is 1. The first kappa shape index (κ1) is 22.2. The Morgan fingerprint density at radius 3 is 2.71 bits per heavy atom. The standard InChI is InChI=1S/C27H30N4O3/c1-18-26(34-17-20-5-3-2-4-6-20)25(27(32)33)30-24(29-18)15-19-10-13-31(14-11-19)22-7-8-23-21(16-22)9-12-28-23/h2-8,16,19,28H,9-15,17H2,1H3,(H,32,33). The second kappa shape index (κ2) is 9.71. The SMILES string of the molecule is Cc1nc(CC2CCN(c3ccc4c(c3)CCN4)CC2)nc(C(=O)O)c1OCc1ccccc1. The van der Waals surface area contributed by atoms with Crippen LogP contribution in [0.2, 0.25) is 0 Å². The molecule has 2 aliphatic rings. The number of hydrogen-bond donors (Lipinski definition) is 2. The molecule has 0 radical (unpaired) electrons. The monoisotopic (exact) mass is 458 g/mol. The molecule has 176 valence electrons. The zero-order valence-electron chi connectivity index (χ0n) is 19.5. The maximum atomic E-state index is 11.9. The number of nitrogens with one attached hydrogen (secondary N) is 1. The lowest BCUT2D eigenvalue weighted by molar-refractivity contribution is 0.0683. The van der Waals surface area contributed by atoms with Crippen molar-refractivity contribution in [3.05, 3.63) is 76.9 Å². The van der Waals surface area contributed by atoms with Gasteiger partial charge in [0.15, 0.2) is 11.4 Å². The number of ether oxygens (including phenoxy) is 1. The van der Waals surface area contributed by atoms with Gasteiger partial charge in [0.2, 0.25) is 0 Å². The van der Waals surface area contributed by atoms with Crippen LogP contribution in [0.25, 0.3) is 0 Å². The molecule has 3 heterocycles. The van der Waals surface area contributed by atoms with Crippen LogP contribution in [0.5, 0.6) is 5.75 Å². The van der Waals surface area contributed by atoms with E-state index in [2.05, 4.69) is 38.4 Å². The molecule has 1 saturated heterocycles. The van der Waals surface area contributed by atoms with Crippen LogP contribution in [0.4, 0.5) is 11.4 Å². The molecular formula is C27H30N4O3. The molecule has 1 aromatic heterocycles. The minimum Gasteiger partial charge on any atom is -0.484 e. The third-order valence-corrected chi connectivity index (χ3v) is 6.76. The average molecular weight is 459 g/mol. The van der Waals surface area contributed by atoms with Crippen LogP contribution in [0.1, 0.15) is 46.0 Å². The molecule has 7 nitrogen and oxygen atoms in total. The number of carboxylic acids is 1. The third-order valence-electron chi connectivity index (χ3n) is 6.76. The Labute approximate surface area is 199 Å². The van der Waals surface area contributed by atoms with Crippen LogP contribution >= 0.6 is 0 Å². The van der Waals surface area contributed by atoms with Gasteiger partial charge in [-0.05, 0) is 61.4 Å². The molecule has 1 fully saturated rings. The summed E-state index contributed by atoms with van der Waals surface area (Å²) >= 11 is 0. The molecule has 0 amide bonds. The molecule has 2 aromatic carbocycles. The van der Waals surface area contributed by atoms with E-state index in [9.17, 15) is 9.90 Å². The van der Waals surface area contributed by atoms with Gasteiger partial charge in [-0.1, -0.05) is 30.3 Å². The number of hydrogen-bond acceptors (Lipinski definition) is 6. The van der Waals surface area contributed by atoms with Gasteiger partial charge < -0.3 is 20.1 Å². The largest absolute Gasteiger partial charge is 0.484 e. The first-order valence-corrected chi connectivity index (χ1v) is 12.0. The second-order valence-corrected chi connectivity index (χ2v) is 9.14. The van der Waals surface area contributed by atoms with Gasteiger partial charge in [0, 0.05) is 37.4 Å². The molecule has 3 aromatic rings. The Morgan fingerprint density at radius 1 is 1.15 bits per heavy atom. The van der Waals surface area contributed by atoms with Gasteiger partial charge >= 0.3 is 5.97 Å². The van der Waals surface area contributed by atoms with Gasteiger partial charge in [0.25, 0.3) is 0 Å². The molecule has 0 saturated carbocycles. The fourth-order valence-electron chi connectivity index (χ4n) is 4.90. The minimum atomic E-state index is -1.09. The predicted octanol–water partition coefficient (Wildman–Crippen LogP) is 4.49. The lowest BCUT2D eigenvalue weighted by Crippen LogP contribution is -2.34. The summed E-state index contributed by atoms with van der Waals surface area (Å²) in [6, 6.07) is 16.4. The molecule has 0 spiro atoms. The van der Waals surface area contributed by atoms with Crippen LogP contribution in [0.3, 0.4) is 0 Å². The van der Waals surface area contributed by atoms with Gasteiger partial charge in [-0.3, -0.25) is 0 Å². The van der Waals surface area contributed by atoms with Gasteiger partial charge in [-0.2, -0.15) is 0 Å². The van der Waals surface area contributed by atoms with Crippen molar-refractivity contribution in [3.63, 3.8) is 0 Å². The van der Waals surface area contributed by atoms with E-state index < -0.39 is 5.97 Å². The van der Waals surface area contributed by atoms with E-state index in [0.29, 0.717) is 23.9 Å². The highest BCUT2D eigenvalue weighted by molar-refractivity contribution is 5.88. The summed E-state index contributed by atoms with van der Waals surface area (Å²) < 4.78 is 5.84. The van der Waals surface area contributed by atoms with Crippen LogP contribution in [-0.2, 0) is 19.4 Å². The minimum absolute atomic E-state index is 0.0531. The molecule has 0 bridgehead atoms. The topological polar surface area (TPSA) is 87.6 Å². The van der Waals surface area contributed by atoms with E-state index in [1.165, 1.54) is 16.9 Å². The molecule has 2 N–H and O–H groups in total. The van der Waals surface area contributed by atoms with Gasteiger partial charge in [0.1, 0.15) is 12.4 Å². The number of piperidine rings is 1. The number of anilines is 2. The average Bonchev–Trinajstić information content (AvgIpc) is 3.32.